The Kier molecular flexibility index (Phi) is 2.65. The van der Waals surface area contributed by atoms with Gasteiger partial charge in [0.25, 0.3) is 0 Å². The molecule has 0 radical (unpaired) electrons. The Bertz CT molecular complexity index is 512. The van der Waals surface area contributed by atoms with Crippen LogP contribution in [0.5, 0.6) is 0 Å². The predicted octanol–water partition coefficient (Wildman–Crippen LogP) is 2.09. The predicted molar refractivity (Wildman–Crippen MR) is 67.0 cm³/mol. The normalized spacial score (nSPS) is 25.2. The molecule has 17 heavy (non-hydrogen) atoms. The van der Waals surface area contributed by atoms with Crippen molar-refractivity contribution in [1.29, 1.82) is 0 Å². The summed E-state index contributed by atoms with van der Waals surface area (Å²) in [5.41, 5.74) is 1.49. The van der Waals surface area contributed by atoms with Crippen molar-refractivity contribution in [1.82, 2.24) is 5.32 Å². The van der Waals surface area contributed by atoms with Crippen LogP contribution in [0.4, 0.5) is 0 Å². The van der Waals surface area contributed by atoms with E-state index >= 15 is 0 Å². The van der Waals surface area contributed by atoms with Crippen molar-refractivity contribution >= 4 is 11.0 Å². The maximum atomic E-state index is 10.5. The monoisotopic (exact) mass is 231 g/mol. The third-order valence-electron chi connectivity index (χ3n) is 3.50. The number of nitrogens with one attached hydrogen (secondary N) is 1. The van der Waals surface area contributed by atoms with E-state index in [0.29, 0.717) is 13.0 Å². The van der Waals surface area contributed by atoms with E-state index in [4.69, 9.17) is 4.42 Å². The smallest absolute Gasteiger partial charge is 0.133 e. The second-order valence-electron chi connectivity index (χ2n) is 4.97. The van der Waals surface area contributed by atoms with Gasteiger partial charge in [0.15, 0.2) is 0 Å². The van der Waals surface area contributed by atoms with Crippen molar-refractivity contribution in [2.75, 3.05) is 13.1 Å². The van der Waals surface area contributed by atoms with Crippen LogP contribution in [-0.2, 0) is 6.42 Å². The molecule has 0 bridgehead atoms. The zero-order chi connectivity index (χ0) is 11.7. The fourth-order valence-electron chi connectivity index (χ4n) is 2.61. The Labute approximate surface area is 100 Å². The van der Waals surface area contributed by atoms with Crippen LogP contribution in [-0.4, -0.2) is 23.8 Å². The summed E-state index contributed by atoms with van der Waals surface area (Å²) in [5, 5.41) is 14.8. The molecule has 1 saturated heterocycles. The fraction of sp³-hybridized carbons (Fsp3) is 0.429. The van der Waals surface area contributed by atoms with E-state index in [1.807, 2.05) is 18.2 Å². The summed E-state index contributed by atoms with van der Waals surface area (Å²) in [6, 6.07) is 8.08. The highest BCUT2D eigenvalue weighted by Crippen LogP contribution is 2.24. The van der Waals surface area contributed by atoms with Gasteiger partial charge in [-0.25, -0.2) is 0 Å². The first-order valence-electron chi connectivity index (χ1n) is 6.14. The summed E-state index contributed by atoms with van der Waals surface area (Å²) >= 11 is 0. The van der Waals surface area contributed by atoms with Crippen molar-refractivity contribution in [2.45, 2.75) is 24.9 Å². The lowest BCUT2D eigenvalue weighted by atomic mass is 9.87. The molecule has 0 spiro atoms. The van der Waals surface area contributed by atoms with E-state index in [1.54, 1.807) is 6.26 Å². The first-order chi connectivity index (χ1) is 8.25. The lowest BCUT2D eigenvalue weighted by Crippen LogP contribution is -2.47. The van der Waals surface area contributed by atoms with Crippen LogP contribution in [0.2, 0.25) is 0 Å². The lowest BCUT2D eigenvalue weighted by molar-refractivity contribution is 0.0170. The number of hydrogen-bond donors (Lipinski definition) is 2. The van der Waals surface area contributed by atoms with Gasteiger partial charge in [-0.05, 0) is 43.1 Å². The van der Waals surface area contributed by atoms with E-state index in [1.165, 1.54) is 5.56 Å². The van der Waals surface area contributed by atoms with Crippen molar-refractivity contribution in [3.05, 3.63) is 36.1 Å². The first kappa shape index (κ1) is 10.8. The van der Waals surface area contributed by atoms with Crippen LogP contribution in [0.25, 0.3) is 11.0 Å². The molecule has 1 aliphatic rings. The van der Waals surface area contributed by atoms with Crippen LogP contribution in [0.1, 0.15) is 18.4 Å². The van der Waals surface area contributed by atoms with Crippen LogP contribution in [0, 0.1) is 0 Å². The Morgan fingerprint density at radius 3 is 3.12 bits per heavy atom. The largest absolute Gasteiger partial charge is 0.464 e. The highest BCUT2D eigenvalue weighted by atomic mass is 16.3. The Morgan fingerprint density at radius 2 is 2.29 bits per heavy atom. The minimum Gasteiger partial charge on any atom is -0.464 e. The number of aliphatic hydroxyl groups is 1. The summed E-state index contributed by atoms with van der Waals surface area (Å²) in [6.45, 7) is 1.71. The third kappa shape index (κ3) is 2.21. The summed E-state index contributed by atoms with van der Waals surface area (Å²) in [4.78, 5) is 0. The van der Waals surface area contributed by atoms with Crippen LogP contribution in [0.15, 0.2) is 34.9 Å². The van der Waals surface area contributed by atoms with Crippen LogP contribution >= 0.6 is 0 Å². The number of rotatable bonds is 2. The van der Waals surface area contributed by atoms with Gasteiger partial charge in [-0.15, -0.1) is 0 Å². The van der Waals surface area contributed by atoms with Gasteiger partial charge < -0.3 is 14.8 Å². The minimum absolute atomic E-state index is 0.588. The summed E-state index contributed by atoms with van der Waals surface area (Å²) in [6.07, 6.45) is 4.33. The molecule has 1 atom stereocenters. The average Bonchev–Trinajstić information content (AvgIpc) is 2.76. The minimum atomic E-state index is -0.588. The van der Waals surface area contributed by atoms with Crippen LogP contribution < -0.4 is 5.32 Å². The molecule has 0 saturated carbocycles. The molecule has 1 fully saturated rings. The molecule has 0 aliphatic carbocycles. The fourth-order valence-corrected chi connectivity index (χ4v) is 2.61. The van der Waals surface area contributed by atoms with E-state index in [0.717, 1.165) is 30.4 Å². The van der Waals surface area contributed by atoms with Crippen molar-refractivity contribution in [2.24, 2.45) is 0 Å². The summed E-state index contributed by atoms with van der Waals surface area (Å²) in [5.74, 6) is 0. The number of β-amino-alcohol motifs (C(OH)–C–C–N with tert-alkyl or cyclic N) is 1. The number of piperidine rings is 1. The zero-order valence-electron chi connectivity index (χ0n) is 9.78. The van der Waals surface area contributed by atoms with Gasteiger partial charge >= 0.3 is 0 Å². The molecule has 90 valence electrons. The molecular formula is C14H17NO2. The SMILES string of the molecule is OC1(Cc2ccc3occc3c2)CCCNC1. The van der Waals surface area contributed by atoms with Crippen molar-refractivity contribution < 1.29 is 9.52 Å². The van der Waals surface area contributed by atoms with Gasteiger partial charge in [-0.3, -0.25) is 0 Å². The molecule has 3 nitrogen and oxygen atoms in total. The van der Waals surface area contributed by atoms with Gasteiger partial charge in [-0.2, -0.15) is 0 Å². The van der Waals surface area contributed by atoms with E-state index in [9.17, 15) is 5.11 Å². The molecule has 2 aromatic rings. The van der Waals surface area contributed by atoms with Gasteiger partial charge in [0, 0.05) is 18.4 Å². The first-order valence-corrected chi connectivity index (χ1v) is 6.14. The Balaban J connectivity index is 1.83. The molecule has 1 aromatic heterocycles. The topological polar surface area (TPSA) is 45.4 Å². The maximum Gasteiger partial charge on any atom is 0.133 e. The molecule has 1 unspecified atom stereocenters. The van der Waals surface area contributed by atoms with Gasteiger partial charge in [-0.1, -0.05) is 6.07 Å². The second kappa shape index (κ2) is 4.17. The number of benzene rings is 1. The Hall–Kier alpha value is -1.32. The number of furan rings is 1. The van der Waals surface area contributed by atoms with Crippen LogP contribution in [0.3, 0.4) is 0 Å². The van der Waals surface area contributed by atoms with E-state index < -0.39 is 5.60 Å². The number of fused-ring (bicyclic) bond motifs is 1. The molecular weight excluding hydrogens is 214 g/mol. The Morgan fingerprint density at radius 1 is 1.35 bits per heavy atom. The standard InChI is InChI=1S/C14H17NO2/c16-14(5-1-6-15-10-14)9-11-2-3-13-12(8-11)4-7-17-13/h2-4,7-8,15-16H,1,5-6,9-10H2. The quantitative estimate of drug-likeness (QED) is 0.832. The summed E-state index contributed by atoms with van der Waals surface area (Å²) < 4.78 is 5.31. The van der Waals surface area contributed by atoms with E-state index in [2.05, 4.69) is 11.4 Å². The maximum absolute atomic E-state index is 10.5. The van der Waals surface area contributed by atoms with E-state index in [-0.39, 0.29) is 0 Å². The highest BCUT2D eigenvalue weighted by molar-refractivity contribution is 5.77. The highest BCUT2D eigenvalue weighted by Gasteiger charge is 2.29. The summed E-state index contributed by atoms with van der Waals surface area (Å²) in [7, 11) is 0. The lowest BCUT2D eigenvalue weighted by Gasteiger charge is -2.32. The number of hydrogen-bond acceptors (Lipinski definition) is 3. The molecule has 2 heterocycles. The molecule has 1 aromatic carbocycles. The molecule has 2 N–H and O–H groups in total. The van der Waals surface area contributed by atoms with Gasteiger partial charge in [0.05, 0.1) is 11.9 Å². The van der Waals surface area contributed by atoms with Gasteiger partial charge in [0.1, 0.15) is 5.58 Å². The zero-order valence-corrected chi connectivity index (χ0v) is 9.78. The van der Waals surface area contributed by atoms with Gasteiger partial charge in [0.2, 0.25) is 0 Å². The molecule has 3 rings (SSSR count). The molecule has 0 amide bonds. The molecule has 3 heteroatoms. The average molecular weight is 231 g/mol. The van der Waals surface area contributed by atoms with Crippen molar-refractivity contribution in [3.8, 4) is 0 Å². The molecule has 1 aliphatic heterocycles. The van der Waals surface area contributed by atoms with Crippen molar-refractivity contribution in [3.63, 3.8) is 0 Å². The third-order valence-corrected chi connectivity index (χ3v) is 3.50. The second-order valence-corrected chi connectivity index (χ2v) is 4.97.